The number of amides is 1. The highest BCUT2D eigenvalue weighted by molar-refractivity contribution is 5.91. The number of hydrogen-bond acceptors (Lipinski definition) is 6. The van der Waals surface area contributed by atoms with E-state index in [-0.39, 0.29) is 11.6 Å². The van der Waals surface area contributed by atoms with E-state index in [0.29, 0.717) is 18.5 Å². The van der Waals surface area contributed by atoms with Crippen LogP contribution in [0.2, 0.25) is 0 Å². The zero-order valence-electron chi connectivity index (χ0n) is 14.0. The van der Waals surface area contributed by atoms with E-state index in [2.05, 4.69) is 36.0 Å². The van der Waals surface area contributed by atoms with E-state index >= 15 is 0 Å². The van der Waals surface area contributed by atoms with Crippen LogP contribution in [0.3, 0.4) is 0 Å². The molecule has 1 amide bonds. The van der Waals surface area contributed by atoms with Gasteiger partial charge in [-0.1, -0.05) is 11.1 Å². The Morgan fingerprint density at radius 3 is 2.92 bits per heavy atom. The molecule has 3 rings (SSSR count). The van der Waals surface area contributed by atoms with E-state index in [1.807, 2.05) is 0 Å². The Balaban J connectivity index is 1.43. The number of hydrogen-bond donors (Lipinski definition) is 1. The summed E-state index contributed by atoms with van der Waals surface area (Å²) in [6.07, 6.45) is 11.5. The van der Waals surface area contributed by atoms with Gasteiger partial charge in [-0.15, -0.1) is 6.42 Å². The average Bonchev–Trinajstić information content (AvgIpc) is 3.16. The molecule has 7 nitrogen and oxygen atoms in total. The topological polar surface area (TPSA) is 74.5 Å². The van der Waals surface area contributed by atoms with Crippen LogP contribution in [0.25, 0.3) is 0 Å². The number of piperidine rings is 2. The van der Waals surface area contributed by atoms with Crippen molar-refractivity contribution >= 4 is 5.91 Å². The number of nitrogens with one attached hydrogen (secondary N) is 1. The molecular weight excluding hydrogens is 306 g/mol. The molecule has 1 aromatic heterocycles. The molecule has 24 heavy (non-hydrogen) atoms. The van der Waals surface area contributed by atoms with Crippen molar-refractivity contribution in [3.63, 3.8) is 0 Å². The van der Waals surface area contributed by atoms with E-state index in [0.717, 1.165) is 39.1 Å². The maximum Gasteiger partial charge on any atom is 0.275 e. The lowest BCUT2D eigenvalue weighted by atomic mass is 9.93. The van der Waals surface area contributed by atoms with Gasteiger partial charge in [0.25, 0.3) is 5.91 Å². The minimum absolute atomic E-state index is 0.212. The Labute approximate surface area is 142 Å². The van der Waals surface area contributed by atoms with Crippen molar-refractivity contribution in [1.82, 2.24) is 25.4 Å². The fourth-order valence-electron chi connectivity index (χ4n) is 3.76. The van der Waals surface area contributed by atoms with Gasteiger partial charge in [0, 0.05) is 32.2 Å². The van der Waals surface area contributed by atoms with Crippen LogP contribution >= 0.6 is 0 Å². The SMILES string of the molecule is C#CCN1CCC(N2CCC[C@@H](CNC(=O)c3cnon3)C2)CC1. The second kappa shape index (κ2) is 8.27. The van der Waals surface area contributed by atoms with Crippen molar-refractivity contribution in [1.29, 1.82) is 0 Å². The zero-order valence-corrected chi connectivity index (χ0v) is 14.0. The fraction of sp³-hybridized carbons (Fsp3) is 0.706. The maximum atomic E-state index is 11.9. The number of carbonyl (C=O) groups excluding carboxylic acids is 1. The standard InChI is InChI=1S/C17H25N5O2/c1-2-7-21-9-5-15(6-10-21)22-8-3-4-14(13-22)11-18-17(23)16-12-19-24-20-16/h1,12,14-15H,3-11,13H2,(H,18,23)/t14-/m0/s1. The van der Waals surface area contributed by atoms with E-state index in [9.17, 15) is 4.79 Å². The van der Waals surface area contributed by atoms with E-state index < -0.39 is 0 Å². The zero-order chi connectivity index (χ0) is 16.8. The Hall–Kier alpha value is -1.91. The highest BCUT2D eigenvalue weighted by atomic mass is 16.6. The molecule has 2 fully saturated rings. The van der Waals surface area contributed by atoms with Gasteiger partial charge >= 0.3 is 0 Å². The van der Waals surface area contributed by atoms with Crippen molar-refractivity contribution in [2.24, 2.45) is 5.92 Å². The molecule has 2 aliphatic rings. The van der Waals surface area contributed by atoms with Gasteiger partial charge in [0.2, 0.25) is 0 Å². The number of aromatic nitrogens is 2. The van der Waals surface area contributed by atoms with Gasteiger partial charge in [0.15, 0.2) is 5.69 Å². The predicted octanol–water partition coefficient (Wildman–Crippen LogP) is 0.609. The van der Waals surface area contributed by atoms with Crippen LogP contribution < -0.4 is 5.32 Å². The van der Waals surface area contributed by atoms with E-state index in [4.69, 9.17) is 6.42 Å². The van der Waals surface area contributed by atoms with Gasteiger partial charge in [-0.25, -0.2) is 4.63 Å². The molecule has 1 aromatic rings. The van der Waals surface area contributed by atoms with Crippen LogP contribution in [0.15, 0.2) is 10.8 Å². The molecule has 0 spiro atoms. The lowest BCUT2D eigenvalue weighted by molar-refractivity contribution is 0.0726. The first-order chi connectivity index (χ1) is 11.8. The molecule has 0 aromatic carbocycles. The number of likely N-dealkylation sites (tertiary alicyclic amines) is 2. The molecule has 3 heterocycles. The molecular formula is C17H25N5O2. The molecule has 7 heteroatoms. The van der Waals surface area contributed by atoms with Crippen LogP contribution in [0, 0.1) is 18.3 Å². The summed E-state index contributed by atoms with van der Waals surface area (Å²) in [5.74, 6) is 3.01. The van der Waals surface area contributed by atoms with E-state index in [1.54, 1.807) is 0 Å². The van der Waals surface area contributed by atoms with Gasteiger partial charge in [-0.2, -0.15) is 0 Å². The molecule has 2 saturated heterocycles. The molecule has 1 N–H and O–H groups in total. The molecule has 0 aliphatic carbocycles. The normalized spacial score (nSPS) is 23.7. The summed E-state index contributed by atoms with van der Waals surface area (Å²) >= 11 is 0. The van der Waals surface area contributed by atoms with Crippen molar-refractivity contribution in [2.75, 3.05) is 39.3 Å². The van der Waals surface area contributed by atoms with Gasteiger partial charge in [-0.3, -0.25) is 14.6 Å². The van der Waals surface area contributed by atoms with Crippen molar-refractivity contribution in [3.8, 4) is 12.3 Å². The molecule has 0 radical (unpaired) electrons. The van der Waals surface area contributed by atoms with Gasteiger partial charge in [0.1, 0.15) is 6.20 Å². The summed E-state index contributed by atoms with van der Waals surface area (Å²) in [6.45, 7) is 5.84. The summed E-state index contributed by atoms with van der Waals surface area (Å²) in [5.41, 5.74) is 0.239. The molecule has 0 unspecified atom stereocenters. The quantitative estimate of drug-likeness (QED) is 0.797. The summed E-state index contributed by atoms with van der Waals surface area (Å²) in [6, 6.07) is 0.650. The Morgan fingerprint density at radius 1 is 1.38 bits per heavy atom. The van der Waals surface area contributed by atoms with Crippen molar-refractivity contribution < 1.29 is 9.42 Å². The maximum absolute atomic E-state index is 11.9. The second-order valence-corrected chi connectivity index (χ2v) is 6.72. The van der Waals surface area contributed by atoms with Crippen LogP contribution in [-0.2, 0) is 0 Å². The van der Waals surface area contributed by atoms with Crippen molar-refractivity contribution in [3.05, 3.63) is 11.9 Å². The molecule has 0 bridgehead atoms. The van der Waals surface area contributed by atoms with Gasteiger partial charge in [0.05, 0.1) is 6.54 Å². The minimum Gasteiger partial charge on any atom is -0.350 e. The van der Waals surface area contributed by atoms with Crippen LogP contribution in [0.1, 0.15) is 36.2 Å². The lowest BCUT2D eigenvalue weighted by Gasteiger charge is -2.42. The summed E-state index contributed by atoms with van der Waals surface area (Å²) in [4.78, 5) is 16.9. The Kier molecular flexibility index (Phi) is 5.83. The molecule has 2 aliphatic heterocycles. The largest absolute Gasteiger partial charge is 0.350 e. The molecule has 1 atom stereocenters. The van der Waals surface area contributed by atoms with Crippen LogP contribution in [0.4, 0.5) is 0 Å². The number of rotatable bonds is 5. The third-order valence-corrected chi connectivity index (χ3v) is 5.08. The molecule has 0 saturated carbocycles. The van der Waals surface area contributed by atoms with E-state index in [1.165, 1.54) is 25.5 Å². The second-order valence-electron chi connectivity index (χ2n) is 6.72. The smallest absolute Gasteiger partial charge is 0.275 e. The van der Waals surface area contributed by atoms with Gasteiger partial charge < -0.3 is 5.32 Å². The number of nitrogens with zero attached hydrogens (tertiary/aromatic N) is 4. The summed E-state index contributed by atoms with van der Waals surface area (Å²) in [5, 5.41) is 9.97. The predicted molar refractivity (Wildman–Crippen MR) is 89.2 cm³/mol. The highest BCUT2D eigenvalue weighted by Crippen LogP contribution is 2.23. The number of terminal acetylenes is 1. The Morgan fingerprint density at radius 2 is 2.21 bits per heavy atom. The third-order valence-electron chi connectivity index (χ3n) is 5.08. The van der Waals surface area contributed by atoms with Crippen LogP contribution in [-0.4, -0.2) is 71.3 Å². The number of carbonyl (C=O) groups is 1. The van der Waals surface area contributed by atoms with Crippen molar-refractivity contribution in [2.45, 2.75) is 31.7 Å². The first-order valence-electron chi connectivity index (χ1n) is 8.72. The summed E-state index contributed by atoms with van der Waals surface area (Å²) in [7, 11) is 0. The fourth-order valence-corrected chi connectivity index (χ4v) is 3.76. The minimum atomic E-state index is -0.212. The van der Waals surface area contributed by atoms with Gasteiger partial charge in [-0.05, 0) is 43.3 Å². The van der Waals surface area contributed by atoms with Crippen LogP contribution in [0.5, 0.6) is 0 Å². The first-order valence-corrected chi connectivity index (χ1v) is 8.72. The third kappa shape index (κ3) is 4.34. The lowest BCUT2D eigenvalue weighted by Crippen LogP contribution is -2.50. The highest BCUT2D eigenvalue weighted by Gasteiger charge is 2.28. The summed E-state index contributed by atoms with van der Waals surface area (Å²) < 4.78 is 4.46. The monoisotopic (exact) mass is 331 g/mol. The Bertz CT molecular complexity index is 560. The average molecular weight is 331 g/mol. The molecule has 130 valence electrons. The first kappa shape index (κ1) is 16.9.